The quantitative estimate of drug-likeness (QED) is 0.811. The lowest BCUT2D eigenvalue weighted by atomic mass is 10.3. The molecule has 0 spiro atoms. The van der Waals surface area contributed by atoms with Crippen molar-refractivity contribution in [3.63, 3.8) is 0 Å². The van der Waals surface area contributed by atoms with Gasteiger partial charge in [0, 0.05) is 6.20 Å². The normalized spacial score (nSPS) is 10.7. The molecule has 0 N–H and O–H groups in total. The number of halogens is 2. The Morgan fingerprint density at radius 2 is 2.38 bits per heavy atom. The largest absolute Gasteiger partial charge is 0.291 e. The Labute approximate surface area is 110 Å². The second-order valence-electron chi connectivity index (χ2n) is 3.29. The van der Waals surface area contributed by atoms with Crippen molar-refractivity contribution in [3.8, 4) is 0 Å². The third-order valence-electron chi connectivity index (χ3n) is 2.04. The molecule has 0 saturated carbocycles. The second-order valence-corrected chi connectivity index (χ2v) is 6.16. The minimum Gasteiger partial charge on any atom is -0.291 e. The lowest BCUT2D eigenvalue weighted by Gasteiger charge is -1.97. The molecular formula is C10H8BrClN2OS. The smallest absolute Gasteiger partial charge is 0.194 e. The van der Waals surface area contributed by atoms with Crippen LogP contribution < -0.4 is 0 Å². The maximum Gasteiger partial charge on any atom is 0.194 e. The molecule has 0 atom stereocenters. The van der Waals surface area contributed by atoms with E-state index < -0.39 is 0 Å². The number of thiophene rings is 1. The summed E-state index contributed by atoms with van der Waals surface area (Å²) in [5.74, 6) is 0.0369. The Morgan fingerprint density at radius 3 is 2.88 bits per heavy atom. The van der Waals surface area contributed by atoms with Gasteiger partial charge in [-0.1, -0.05) is 11.6 Å². The van der Waals surface area contributed by atoms with Crippen LogP contribution in [0.2, 0.25) is 5.02 Å². The second kappa shape index (κ2) is 4.69. The molecule has 0 radical (unpaired) electrons. The summed E-state index contributed by atoms with van der Waals surface area (Å²) < 4.78 is 2.51. The van der Waals surface area contributed by atoms with E-state index in [0.717, 1.165) is 14.4 Å². The summed E-state index contributed by atoms with van der Waals surface area (Å²) in [5, 5.41) is 4.72. The average molecular weight is 320 g/mol. The molecule has 0 bridgehead atoms. The molecule has 2 heterocycles. The monoisotopic (exact) mass is 318 g/mol. The van der Waals surface area contributed by atoms with Gasteiger partial charge in [-0.2, -0.15) is 5.10 Å². The van der Waals surface area contributed by atoms with Crippen molar-refractivity contribution in [1.82, 2.24) is 9.78 Å². The molecule has 0 amide bonds. The van der Waals surface area contributed by atoms with E-state index in [-0.39, 0.29) is 12.3 Å². The highest BCUT2D eigenvalue weighted by Crippen LogP contribution is 2.23. The standard InChI is InChI=1S/C10H8BrClN2OS/c1-6-7(12)4-14(13-6)5-8(15)9-2-3-10(11)16-9/h2-4H,5H2,1H3. The number of nitrogens with zero attached hydrogens (tertiary/aromatic N) is 2. The minimum absolute atomic E-state index is 0.0369. The van der Waals surface area contributed by atoms with E-state index >= 15 is 0 Å². The molecule has 0 aliphatic rings. The summed E-state index contributed by atoms with van der Waals surface area (Å²) in [6, 6.07) is 3.66. The van der Waals surface area contributed by atoms with Gasteiger partial charge in [0.05, 0.1) is 19.4 Å². The van der Waals surface area contributed by atoms with Gasteiger partial charge in [0.1, 0.15) is 6.54 Å². The van der Waals surface area contributed by atoms with E-state index in [2.05, 4.69) is 21.0 Å². The van der Waals surface area contributed by atoms with Crippen molar-refractivity contribution in [2.75, 3.05) is 0 Å². The fraction of sp³-hybridized carbons (Fsp3) is 0.200. The van der Waals surface area contributed by atoms with E-state index in [4.69, 9.17) is 11.6 Å². The molecule has 0 aliphatic carbocycles. The van der Waals surface area contributed by atoms with Gasteiger partial charge in [-0.05, 0) is 35.0 Å². The molecule has 6 heteroatoms. The van der Waals surface area contributed by atoms with E-state index in [9.17, 15) is 4.79 Å². The maximum atomic E-state index is 11.8. The summed E-state index contributed by atoms with van der Waals surface area (Å²) in [6.45, 7) is 2.03. The molecule has 2 aromatic heterocycles. The Kier molecular flexibility index (Phi) is 3.47. The van der Waals surface area contributed by atoms with Crippen LogP contribution in [0.4, 0.5) is 0 Å². The number of Topliss-reactive ketones (excluding diaryl/α,β-unsaturated/α-hetero) is 1. The molecule has 2 rings (SSSR count). The zero-order chi connectivity index (χ0) is 11.7. The molecule has 0 fully saturated rings. The van der Waals surface area contributed by atoms with Gasteiger partial charge in [0.25, 0.3) is 0 Å². The molecule has 0 unspecified atom stereocenters. The number of carbonyl (C=O) groups excluding carboxylic acids is 1. The number of hydrogen-bond donors (Lipinski definition) is 0. The first-order valence-corrected chi connectivity index (χ1v) is 6.53. The Morgan fingerprint density at radius 1 is 1.62 bits per heavy atom. The number of hydrogen-bond acceptors (Lipinski definition) is 3. The van der Waals surface area contributed by atoms with E-state index in [1.807, 2.05) is 13.0 Å². The predicted octanol–water partition coefficient (Wildman–Crippen LogP) is 3.55. The number of carbonyl (C=O) groups is 1. The molecule has 0 saturated heterocycles. The molecule has 3 nitrogen and oxygen atoms in total. The van der Waals surface area contributed by atoms with Gasteiger partial charge in [-0.15, -0.1) is 11.3 Å². The van der Waals surface area contributed by atoms with Crippen molar-refractivity contribution in [3.05, 3.63) is 37.7 Å². The summed E-state index contributed by atoms with van der Waals surface area (Å²) in [6.07, 6.45) is 1.66. The van der Waals surface area contributed by atoms with Gasteiger partial charge in [0.2, 0.25) is 0 Å². The average Bonchev–Trinajstić information content (AvgIpc) is 2.75. The first kappa shape index (κ1) is 11.8. The molecule has 2 aromatic rings. The summed E-state index contributed by atoms with van der Waals surface area (Å²) in [7, 11) is 0. The van der Waals surface area contributed by atoms with Crippen LogP contribution >= 0.6 is 38.9 Å². The van der Waals surface area contributed by atoms with Crippen molar-refractivity contribution in [1.29, 1.82) is 0 Å². The van der Waals surface area contributed by atoms with Crippen LogP contribution in [0.5, 0.6) is 0 Å². The van der Waals surface area contributed by atoms with E-state index in [1.54, 1.807) is 16.9 Å². The van der Waals surface area contributed by atoms with Crippen LogP contribution in [-0.2, 0) is 6.54 Å². The summed E-state index contributed by atoms with van der Waals surface area (Å²) in [5.41, 5.74) is 0.738. The first-order chi connectivity index (χ1) is 7.56. The lowest BCUT2D eigenvalue weighted by molar-refractivity contribution is 0.0971. The SMILES string of the molecule is Cc1nn(CC(=O)c2ccc(Br)s2)cc1Cl. The number of rotatable bonds is 3. The fourth-order valence-electron chi connectivity index (χ4n) is 1.26. The third kappa shape index (κ3) is 2.53. The summed E-state index contributed by atoms with van der Waals surface area (Å²) >= 11 is 10.6. The Balaban J connectivity index is 2.13. The molecular weight excluding hydrogens is 312 g/mol. The molecule has 16 heavy (non-hydrogen) atoms. The van der Waals surface area contributed by atoms with Crippen LogP contribution in [0.3, 0.4) is 0 Å². The van der Waals surface area contributed by atoms with Crippen LogP contribution in [0.25, 0.3) is 0 Å². The fourth-order valence-corrected chi connectivity index (χ4v) is 2.73. The predicted molar refractivity (Wildman–Crippen MR) is 68.3 cm³/mol. The molecule has 0 aliphatic heterocycles. The van der Waals surface area contributed by atoms with E-state index in [0.29, 0.717) is 5.02 Å². The summed E-state index contributed by atoms with van der Waals surface area (Å²) in [4.78, 5) is 12.6. The van der Waals surface area contributed by atoms with Gasteiger partial charge in [-0.25, -0.2) is 0 Å². The molecule has 84 valence electrons. The first-order valence-electron chi connectivity index (χ1n) is 4.54. The number of aryl methyl sites for hydroxylation is 1. The highest BCUT2D eigenvalue weighted by Gasteiger charge is 2.11. The van der Waals surface area contributed by atoms with Crippen LogP contribution in [0.1, 0.15) is 15.4 Å². The minimum atomic E-state index is 0.0369. The van der Waals surface area contributed by atoms with Crippen LogP contribution in [0.15, 0.2) is 22.1 Å². The highest BCUT2D eigenvalue weighted by molar-refractivity contribution is 9.11. The van der Waals surface area contributed by atoms with E-state index in [1.165, 1.54) is 11.3 Å². The Hall–Kier alpha value is -0.650. The van der Waals surface area contributed by atoms with Gasteiger partial charge in [0.15, 0.2) is 5.78 Å². The molecule has 0 aromatic carbocycles. The highest BCUT2D eigenvalue weighted by atomic mass is 79.9. The maximum absolute atomic E-state index is 11.8. The van der Waals surface area contributed by atoms with Gasteiger partial charge < -0.3 is 0 Å². The van der Waals surface area contributed by atoms with Gasteiger partial charge >= 0.3 is 0 Å². The zero-order valence-electron chi connectivity index (χ0n) is 8.41. The van der Waals surface area contributed by atoms with Crippen molar-refractivity contribution >= 4 is 44.7 Å². The van der Waals surface area contributed by atoms with Crippen molar-refractivity contribution in [2.24, 2.45) is 0 Å². The Bertz CT molecular complexity index is 515. The third-order valence-corrected chi connectivity index (χ3v) is 4.08. The van der Waals surface area contributed by atoms with Crippen LogP contribution in [0, 0.1) is 6.92 Å². The topological polar surface area (TPSA) is 34.9 Å². The van der Waals surface area contributed by atoms with Crippen molar-refractivity contribution in [2.45, 2.75) is 13.5 Å². The number of ketones is 1. The number of aromatic nitrogens is 2. The van der Waals surface area contributed by atoms with Crippen molar-refractivity contribution < 1.29 is 4.79 Å². The zero-order valence-corrected chi connectivity index (χ0v) is 11.6. The van der Waals surface area contributed by atoms with Gasteiger partial charge in [-0.3, -0.25) is 9.48 Å². The van der Waals surface area contributed by atoms with Crippen LogP contribution in [-0.4, -0.2) is 15.6 Å². The lowest BCUT2D eigenvalue weighted by Crippen LogP contribution is -2.09.